The van der Waals surface area contributed by atoms with Gasteiger partial charge in [0.05, 0.1) is 31.0 Å². The van der Waals surface area contributed by atoms with Crippen LogP contribution in [0.2, 0.25) is 0 Å². The van der Waals surface area contributed by atoms with Crippen molar-refractivity contribution in [3.63, 3.8) is 0 Å². The minimum Gasteiger partial charge on any atom is -0.495 e. The number of piperazine rings is 1. The van der Waals surface area contributed by atoms with E-state index in [4.69, 9.17) is 9.84 Å². The molecule has 1 aromatic heterocycles. The number of fused-ring (bicyclic) bond motifs is 3. The van der Waals surface area contributed by atoms with Crippen LogP contribution in [0.3, 0.4) is 0 Å². The van der Waals surface area contributed by atoms with Crippen molar-refractivity contribution in [2.75, 3.05) is 57.9 Å². The minimum absolute atomic E-state index is 0.0905. The predicted octanol–water partition coefficient (Wildman–Crippen LogP) is 0.881. The molecule has 1 N–H and O–H groups in total. The topological polar surface area (TPSA) is 87.0 Å². The Labute approximate surface area is 194 Å². The number of rotatable bonds is 7. The Kier molecular flexibility index (Phi) is 6.50. The van der Waals surface area contributed by atoms with Gasteiger partial charge in [0.25, 0.3) is 0 Å². The Hall–Kier alpha value is -2.65. The summed E-state index contributed by atoms with van der Waals surface area (Å²) in [5.41, 5.74) is 1.93. The molecule has 1 unspecified atom stereocenters. The van der Waals surface area contributed by atoms with Crippen LogP contribution in [-0.4, -0.2) is 94.8 Å². The molecule has 2 bridgehead atoms. The molecule has 9 heteroatoms. The number of methoxy groups -OCH3 is 1. The number of para-hydroxylation sites is 2. The van der Waals surface area contributed by atoms with Crippen molar-refractivity contribution in [2.24, 2.45) is 11.8 Å². The maximum Gasteiger partial charge on any atom is 0.227 e. The van der Waals surface area contributed by atoms with Crippen LogP contribution in [0.25, 0.3) is 0 Å². The van der Waals surface area contributed by atoms with E-state index in [0.717, 1.165) is 75.8 Å². The number of amides is 1. The molecule has 4 atom stereocenters. The zero-order valence-electron chi connectivity index (χ0n) is 19.3. The lowest BCUT2D eigenvalue weighted by molar-refractivity contribution is -0.144. The number of hydrogen-bond acceptors (Lipinski definition) is 7. The van der Waals surface area contributed by atoms with Gasteiger partial charge in [0.1, 0.15) is 5.75 Å². The molecular weight excluding hydrogens is 420 g/mol. The molecule has 33 heavy (non-hydrogen) atoms. The number of carbonyl (C=O) groups is 1. The summed E-state index contributed by atoms with van der Waals surface area (Å²) in [6, 6.07) is 8.50. The number of piperidine rings is 3. The molecule has 4 fully saturated rings. The summed E-state index contributed by atoms with van der Waals surface area (Å²) in [5, 5.41) is 17.5. The molecule has 4 saturated heterocycles. The Morgan fingerprint density at radius 2 is 2.00 bits per heavy atom. The number of ether oxygens (including phenoxy) is 1. The number of aliphatic hydroxyl groups excluding tert-OH is 1. The van der Waals surface area contributed by atoms with Crippen LogP contribution >= 0.6 is 0 Å². The van der Waals surface area contributed by atoms with Gasteiger partial charge in [0.2, 0.25) is 5.91 Å². The van der Waals surface area contributed by atoms with E-state index in [1.165, 1.54) is 0 Å². The van der Waals surface area contributed by atoms with Gasteiger partial charge < -0.3 is 19.6 Å². The van der Waals surface area contributed by atoms with Gasteiger partial charge in [-0.1, -0.05) is 17.3 Å². The lowest BCUT2D eigenvalue weighted by Crippen LogP contribution is -2.60. The Morgan fingerprint density at radius 3 is 2.73 bits per heavy atom. The summed E-state index contributed by atoms with van der Waals surface area (Å²) in [6.07, 6.45) is 4.61. The zero-order chi connectivity index (χ0) is 22.8. The second kappa shape index (κ2) is 9.69. The van der Waals surface area contributed by atoms with Crippen molar-refractivity contribution < 1.29 is 14.6 Å². The fourth-order valence-corrected chi connectivity index (χ4v) is 5.77. The molecule has 9 nitrogen and oxygen atoms in total. The van der Waals surface area contributed by atoms with Crippen LogP contribution in [0.4, 0.5) is 5.69 Å². The van der Waals surface area contributed by atoms with Crippen molar-refractivity contribution in [1.29, 1.82) is 0 Å². The van der Waals surface area contributed by atoms with Crippen LogP contribution in [0.1, 0.15) is 18.5 Å². The van der Waals surface area contributed by atoms with E-state index in [1.54, 1.807) is 7.11 Å². The smallest absolute Gasteiger partial charge is 0.227 e. The summed E-state index contributed by atoms with van der Waals surface area (Å²) in [5.74, 6) is 1.76. The molecule has 1 aromatic carbocycles. The van der Waals surface area contributed by atoms with Gasteiger partial charge in [-0.05, 0) is 37.4 Å². The molecule has 0 spiro atoms. The number of hydrogen-bond donors (Lipinski definition) is 1. The fraction of sp³-hybridized carbons (Fsp3) is 0.625. The predicted molar refractivity (Wildman–Crippen MR) is 124 cm³/mol. The summed E-state index contributed by atoms with van der Waals surface area (Å²) < 4.78 is 7.41. The molecule has 2 aromatic rings. The molecule has 0 aliphatic carbocycles. The third-order valence-electron chi connectivity index (χ3n) is 7.56. The highest BCUT2D eigenvalue weighted by Gasteiger charge is 2.44. The van der Waals surface area contributed by atoms with E-state index < -0.39 is 0 Å². The van der Waals surface area contributed by atoms with Gasteiger partial charge in [-0.15, -0.1) is 5.10 Å². The summed E-state index contributed by atoms with van der Waals surface area (Å²) in [7, 11) is 1.70. The lowest BCUT2D eigenvalue weighted by Gasteiger charge is -2.50. The number of aromatic nitrogens is 3. The van der Waals surface area contributed by atoms with Gasteiger partial charge in [0.15, 0.2) is 0 Å². The third-order valence-corrected chi connectivity index (χ3v) is 7.56. The van der Waals surface area contributed by atoms with Crippen molar-refractivity contribution >= 4 is 11.6 Å². The van der Waals surface area contributed by atoms with E-state index in [-0.39, 0.29) is 12.5 Å². The minimum atomic E-state index is 0.0905. The first-order valence-electron chi connectivity index (χ1n) is 12.1. The van der Waals surface area contributed by atoms with Gasteiger partial charge in [-0.3, -0.25) is 14.4 Å². The highest BCUT2D eigenvalue weighted by Crippen LogP contribution is 2.38. The first kappa shape index (κ1) is 22.2. The third kappa shape index (κ3) is 4.56. The first-order valence-corrected chi connectivity index (χ1v) is 12.1. The molecule has 5 heterocycles. The molecule has 0 saturated carbocycles. The first-order chi connectivity index (χ1) is 16.2. The highest BCUT2D eigenvalue weighted by atomic mass is 16.5. The van der Waals surface area contributed by atoms with Gasteiger partial charge in [-0.2, -0.15) is 0 Å². The van der Waals surface area contributed by atoms with Crippen molar-refractivity contribution in [2.45, 2.75) is 31.8 Å². The number of nitrogens with zero attached hydrogens (tertiary/aromatic N) is 6. The average molecular weight is 455 g/mol. The van der Waals surface area contributed by atoms with Crippen LogP contribution in [0.5, 0.6) is 5.75 Å². The summed E-state index contributed by atoms with van der Waals surface area (Å²) in [4.78, 5) is 20.3. The largest absolute Gasteiger partial charge is 0.495 e. The molecule has 4 aliphatic heterocycles. The second-order valence-electron chi connectivity index (χ2n) is 9.43. The number of anilines is 1. The van der Waals surface area contributed by atoms with Crippen LogP contribution in [0, 0.1) is 11.8 Å². The number of aliphatic hydroxyl groups is 1. The Balaban J connectivity index is 1.16. The zero-order valence-corrected chi connectivity index (χ0v) is 19.3. The molecule has 0 radical (unpaired) electrons. The van der Waals surface area contributed by atoms with E-state index in [9.17, 15) is 4.79 Å². The van der Waals surface area contributed by atoms with Crippen molar-refractivity contribution in [3.8, 4) is 5.75 Å². The van der Waals surface area contributed by atoms with E-state index in [0.29, 0.717) is 24.3 Å². The standard InChI is InChI=1S/C24H34N6O3/c1-33-23-5-3-2-4-22(23)27-9-11-28(12-10-27)24(32)21-17-29-8-6-18(21)14-20(29)16-30-15-19(7-13-31)25-26-30/h2-5,15,18,20-21,31H,6-14,16-17H2,1H3/t18-,20-,21-/m1/s1. The maximum atomic E-state index is 13.5. The van der Waals surface area contributed by atoms with E-state index in [1.807, 2.05) is 29.1 Å². The fourth-order valence-electron chi connectivity index (χ4n) is 5.77. The van der Waals surface area contributed by atoms with E-state index >= 15 is 0 Å². The van der Waals surface area contributed by atoms with E-state index in [2.05, 4.69) is 31.1 Å². The van der Waals surface area contributed by atoms with Crippen molar-refractivity contribution in [3.05, 3.63) is 36.2 Å². The van der Waals surface area contributed by atoms with Crippen LogP contribution in [-0.2, 0) is 17.8 Å². The van der Waals surface area contributed by atoms with Crippen LogP contribution < -0.4 is 9.64 Å². The highest BCUT2D eigenvalue weighted by molar-refractivity contribution is 5.80. The number of benzene rings is 1. The van der Waals surface area contributed by atoms with Gasteiger partial charge >= 0.3 is 0 Å². The molecule has 1 amide bonds. The number of carbonyl (C=O) groups excluding carboxylic acids is 1. The van der Waals surface area contributed by atoms with Gasteiger partial charge in [-0.25, -0.2) is 0 Å². The Bertz CT molecular complexity index is 957. The maximum absolute atomic E-state index is 13.5. The second-order valence-corrected chi connectivity index (χ2v) is 9.43. The van der Waals surface area contributed by atoms with Crippen LogP contribution in [0.15, 0.2) is 30.5 Å². The SMILES string of the molecule is COc1ccccc1N1CCN(C(=O)[C@@H]2CN3CC[C@@H]2C[C@@H]3Cn2cc(CCO)nn2)CC1. The summed E-state index contributed by atoms with van der Waals surface area (Å²) in [6.45, 7) is 5.97. The molecule has 178 valence electrons. The average Bonchev–Trinajstić information content (AvgIpc) is 3.31. The van der Waals surface area contributed by atoms with Gasteiger partial charge in [0, 0.05) is 58.0 Å². The molecular formula is C24H34N6O3. The Morgan fingerprint density at radius 1 is 1.18 bits per heavy atom. The normalized spacial score (nSPS) is 27.1. The summed E-state index contributed by atoms with van der Waals surface area (Å²) >= 11 is 0. The molecule has 6 rings (SSSR count). The monoisotopic (exact) mass is 454 g/mol. The lowest BCUT2D eigenvalue weighted by atomic mass is 9.75. The van der Waals surface area contributed by atoms with Crippen molar-refractivity contribution in [1.82, 2.24) is 24.8 Å². The quantitative estimate of drug-likeness (QED) is 0.665. The molecule has 4 aliphatic rings.